The third-order valence-corrected chi connectivity index (χ3v) is 4.44. The van der Waals surface area contributed by atoms with Gasteiger partial charge in [-0.05, 0) is 49.5 Å². The third-order valence-electron chi connectivity index (χ3n) is 4.44. The van der Waals surface area contributed by atoms with Gasteiger partial charge in [-0.1, -0.05) is 26.0 Å². The standard InChI is InChI=1S/C19H33N3O/c1-17(2)8-15-23-19-6-4-18(5-7-19)16-22-13-11-21(12-14-22)10-3-9-20/h4-7,17H,3,8-16,20H2,1-2H3. The second-order valence-corrected chi connectivity index (χ2v) is 6.93. The first-order valence-corrected chi connectivity index (χ1v) is 9.04. The SMILES string of the molecule is CC(C)CCOc1ccc(CN2CCN(CCCN)CC2)cc1. The summed E-state index contributed by atoms with van der Waals surface area (Å²) in [5.74, 6) is 1.68. The van der Waals surface area contributed by atoms with Crippen LogP contribution in [-0.4, -0.2) is 55.7 Å². The van der Waals surface area contributed by atoms with Crippen molar-refractivity contribution in [3.05, 3.63) is 29.8 Å². The fraction of sp³-hybridized carbons (Fsp3) is 0.684. The topological polar surface area (TPSA) is 41.7 Å². The van der Waals surface area contributed by atoms with Crippen LogP contribution in [0.1, 0.15) is 32.3 Å². The van der Waals surface area contributed by atoms with E-state index in [9.17, 15) is 0 Å². The summed E-state index contributed by atoms with van der Waals surface area (Å²) >= 11 is 0. The van der Waals surface area contributed by atoms with Gasteiger partial charge in [0.05, 0.1) is 6.61 Å². The lowest BCUT2D eigenvalue weighted by atomic mass is 10.1. The van der Waals surface area contributed by atoms with E-state index in [1.165, 1.54) is 5.56 Å². The zero-order valence-corrected chi connectivity index (χ0v) is 14.8. The number of rotatable bonds is 9. The van der Waals surface area contributed by atoms with E-state index in [1.807, 2.05) is 0 Å². The molecule has 1 aliphatic rings. The summed E-state index contributed by atoms with van der Waals surface area (Å²) in [6, 6.07) is 8.61. The highest BCUT2D eigenvalue weighted by Gasteiger charge is 2.16. The number of benzene rings is 1. The molecule has 0 aromatic heterocycles. The summed E-state index contributed by atoms with van der Waals surface area (Å²) in [6.45, 7) is 12.9. The first kappa shape index (κ1) is 18.2. The van der Waals surface area contributed by atoms with Crippen LogP contribution in [0.25, 0.3) is 0 Å². The zero-order chi connectivity index (χ0) is 16.5. The van der Waals surface area contributed by atoms with E-state index in [2.05, 4.69) is 47.9 Å². The molecule has 1 aliphatic heterocycles. The molecule has 0 atom stereocenters. The smallest absolute Gasteiger partial charge is 0.119 e. The molecule has 2 rings (SSSR count). The predicted octanol–water partition coefficient (Wildman–Crippen LogP) is 2.58. The molecular formula is C19H33N3O. The fourth-order valence-electron chi connectivity index (χ4n) is 2.85. The zero-order valence-electron chi connectivity index (χ0n) is 14.8. The summed E-state index contributed by atoms with van der Waals surface area (Å²) in [6.07, 6.45) is 2.22. The minimum atomic E-state index is 0.692. The van der Waals surface area contributed by atoms with Gasteiger partial charge in [-0.2, -0.15) is 0 Å². The molecule has 1 saturated heterocycles. The number of piperazine rings is 1. The van der Waals surface area contributed by atoms with Gasteiger partial charge < -0.3 is 15.4 Å². The Labute approximate surface area is 141 Å². The lowest BCUT2D eigenvalue weighted by molar-refractivity contribution is 0.126. The average molecular weight is 319 g/mol. The summed E-state index contributed by atoms with van der Waals surface area (Å²) in [4.78, 5) is 5.06. The van der Waals surface area contributed by atoms with Crippen LogP contribution in [0.5, 0.6) is 5.75 Å². The normalized spacial score (nSPS) is 16.9. The molecule has 2 N–H and O–H groups in total. The van der Waals surface area contributed by atoms with Gasteiger partial charge in [0.1, 0.15) is 5.75 Å². The largest absolute Gasteiger partial charge is 0.494 e. The van der Waals surface area contributed by atoms with Gasteiger partial charge in [-0.25, -0.2) is 0 Å². The Hall–Kier alpha value is -1.10. The van der Waals surface area contributed by atoms with Crippen LogP contribution < -0.4 is 10.5 Å². The number of nitrogens with two attached hydrogens (primary N) is 1. The van der Waals surface area contributed by atoms with Crippen molar-refractivity contribution in [1.82, 2.24) is 9.80 Å². The van der Waals surface area contributed by atoms with E-state index in [1.54, 1.807) is 0 Å². The fourth-order valence-corrected chi connectivity index (χ4v) is 2.85. The number of hydrogen-bond donors (Lipinski definition) is 1. The number of nitrogens with zero attached hydrogens (tertiary/aromatic N) is 2. The van der Waals surface area contributed by atoms with Crippen LogP contribution in [0.2, 0.25) is 0 Å². The molecule has 130 valence electrons. The van der Waals surface area contributed by atoms with E-state index in [-0.39, 0.29) is 0 Å². The molecule has 23 heavy (non-hydrogen) atoms. The van der Waals surface area contributed by atoms with E-state index in [4.69, 9.17) is 10.5 Å². The summed E-state index contributed by atoms with van der Waals surface area (Å²) < 4.78 is 5.78. The maximum atomic E-state index is 5.78. The molecule has 1 heterocycles. The Morgan fingerprint density at radius 3 is 2.30 bits per heavy atom. The highest BCUT2D eigenvalue weighted by molar-refractivity contribution is 5.27. The monoisotopic (exact) mass is 319 g/mol. The van der Waals surface area contributed by atoms with Crippen molar-refractivity contribution in [2.75, 3.05) is 45.9 Å². The van der Waals surface area contributed by atoms with Crippen molar-refractivity contribution in [3.8, 4) is 5.75 Å². The molecule has 1 fully saturated rings. The minimum Gasteiger partial charge on any atom is -0.494 e. The average Bonchev–Trinajstić information content (AvgIpc) is 2.55. The molecule has 0 spiro atoms. The molecular weight excluding hydrogens is 286 g/mol. The number of ether oxygens (including phenoxy) is 1. The molecule has 4 heteroatoms. The summed E-state index contributed by atoms with van der Waals surface area (Å²) in [5, 5.41) is 0. The molecule has 0 unspecified atom stereocenters. The first-order chi connectivity index (χ1) is 11.2. The summed E-state index contributed by atoms with van der Waals surface area (Å²) in [5.41, 5.74) is 6.96. The van der Waals surface area contributed by atoms with Crippen molar-refractivity contribution in [2.45, 2.75) is 33.2 Å². The quantitative estimate of drug-likeness (QED) is 0.759. The highest BCUT2D eigenvalue weighted by atomic mass is 16.5. The Balaban J connectivity index is 1.70. The van der Waals surface area contributed by atoms with Crippen molar-refractivity contribution < 1.29 is 4.74 Å². The third kappa shape index (κ3) is 6.90. The van der Waals surface area contributed by atoms with Crippen LogP contribution in [0.15, 0.2) is 24.3 Å². The Morgan fingerprint density at radius 1 is 1.04 bits per heavy atom. The highest BCUT2D eigenvalue weighted by Crippen LogP contribution is 2.15. The van der Waals surface area contributed by atoms with Gasteiger partial charge >= 0.3 is 0 Å². The van der Waals surface area contributed by atoms with Gasteiger partial charge in [0.2, 0.25) is 0 Å². The molecule has 0 amide bonds. The second-order valence-electron chi connectivity index (χ2n) is 6.93. The van der Waals surface area contributed by atoms with Crippen molar-refractivity contribution in [1.29, 1.82) is 0 Å². The predicted molar refractivity (Wildman–Crippen MR) is 96.8 cm³/mol. The molecule has 4 nitrogen and oxygen atoms in total. The van der Waals surface area contributed by atoms with E-state index < -0.39 is 0 Å². The van der Waals surface area contributed by atoms with Crippen LogP contribution in [0.3, 0.4) is 0 Å². The van der Waals surface area contributed by atoms with Crippen molar-refractivity contribution in [2.24, 2.45) is 11.7 Å². The van der Waals surface area contributed by atoms with E-state index in [0.29, 0.717) is 5.92 Å². The molecule has 0 aliphatic carbocycles. The van der Waals surface area contributed by atoms with E-state index >= 15 is 0 Å². The Morgan fingerprint density at radius 2 is 1.70 bits per heavy atom. The van der Waals surface area contributed by atoms with Gasteiger partial charge in [0.15, 0.2) is 0 Å². The molecule has 1 aromatic rings. The summed E-state index contributed by atoms with van der Waals surface area (Å²) in [7, 11) is 0. The maximum Gasteiger partial charge on any atom is 0.119 e. The number of hydrogen-bond acceptors (Lipinski definition) is 4. The van der Waals surface area contributed by atoms with Crippen molar-refractivity contribution in [3.63, 3.8) is 0 Å². The Kier molecular flexibility index (Phi) is 7.86. The van der Waals surface area contributed by atoms with Crippen LogP contribution in [0.4, 0.5) is 0 Å². The van der Waals surface area contributed by atoms with E-state index in [0.717, 1.165) is 71.0 Å². The maximum absolute atomic E-state index is 5.78. The van der Waals surface area contributed by atoms with Crippen LogP contribution in [0, 0.1) is 5.92 Å². The van der Waals surface area contributed by atoms with Crippen LogP contribution in [-0.2, 0) is 6.54 Å². The van der Waals surface area contributed by atoms with Crippen molar-refractivity contribution >= 4 is 0 Å². The Bertz CT molecular complexity index is 425. The molecule has 0 saturated carbocycles. The lowest BCUT2D eigenvalue weighted by Crippen LogP contribution is -2.46. The molecule has 0 radical (unpaired) electrons. The van der Waals surface area contributed by atoms with Gasteiger partial charge in [0.25, 0.3) is 0 Å². The molecule has 1 aromatic carbocycles. The lowest BCUT2D eigenvalue weighted by Gasteiger charge is -2.34. The van der Waals surface area contributed by atoms with Gasteiger partial charge in [-0.3, -0.25) is 4.90 Å². The second kappa shape index (κ2) is 9.91. The minimum absolute atomic E-state index is 0.692. The van der Waals surface area contributed by atoms with Gasteiger partial charge in [-0.15, -0.1) is 0 Å². The van der Waals surface area contributed by atoms with Gasteiger partial charge in [0, 0.05) is 32.7 Å². The first-order valence-electron chi connectivity index (χ1n) is 9.04. The van der Waals surface area contributed by atoms with Crippen LogP contribution >= 0.6 is 0 Å². The molecule has 0 bridgehead atoms.